The third kappa shape index (κ3) is 4.24. The predicted octanol–water partition coefficient (Wildman–Crippen LogP) is 3.01. The lowest BCUT2D eigenvalue weighted by Crippen LogP contribution is -2.23. The normalized spacial score (nSPS) is 13.9. The zero-order valence-corrected chi connectivity index (χ0v) is 22.7. The number of anilines is 2. The molecule has 5 aromatic rings. The number of hydrogen-bond acceptors (Lipinski definition) is 8. The summed E-state index contributed by atoms with van der Waals surface area (Å²) >= 11 is 0. The van der Waals surface area contributed by atoms with Crippen molar-refractivity contribution in [1.29, 1.82) is 0 Å². The molecule has 0 saturated heterocycles. The number of ether oxygens (including phenoxy) is 1. The second-order valence-corrected chi connectivity index (χ2v) is 10.8. The van der Waals surface area contributed by atoms with E-state index in [9.17, 15) is 14.7 Å². The standard InChI is InChI=1S/C29H29N7O4/c1-29(2)13-17-12-22-28(39)36(10-9-35(22)23(17)14-29)26-20(16-37)19(7-8-30-26)18-11-21(27(38)34(3)15-18)31-24-5-6-25(40-4)33-32-24/h5-12,15,37H,13-14,16H2,1-4H3,(H,31,32). The maximum absolute atomic E-state index is 13.7. The highest BCUT2D eigenvalue weighted by atomic mass is 16.5. The Kier molecular flexibility index (Phi) is 6.03. The van der Waals surface area contributed by atoms with Gasteiger partial charge in [-0.05, 0) is 53.6 Å². The lowest BCUT2D eigenvalue weighted by molar-refractivity contribution is 0.281. The summed E-state index contributed by atoms with van der Waals surface area (Å²) in [5, 5.41) is 21.5. The van der Waals surface area contributed by atoms with Crippen molar-refractivity contribution < 1.29 is 9.84 Å². The molecule has 0 saturated carbocycles. The van der Waals surface area contributed by atoms with E-state index in [2.05, 4.69) is 34.3 Å². The summed E-state index contributed by atoms with van der Waals surface area (Å²) in [4.78, 5) is 31.1. The van der Waals surface area contributed by atoms with E-state index in [1.165, 1.54) is 27.5 Å². The largest absolute Gasteiger partial charge is 0.480 e. The lowest BCUT2D eigenvalue weighted by atomic mass is 9.90. The minimum Gasteiger partial charge on any atom is -0.480 e. The monoisotopic (exact) mass is 539 g/mol. The van der Waals surface area contributed by atoms with Crippen LogP contribution in [-0.2, 0) is 26.5 Å². The average molecular weight is 540 g/mol. The third-order valence-corrected chi connectivity index (χ3v) is 7.38. The van der Waals surface area contributed by atoms with E-state index in [0.29, 0.717) is 39.7 Å². The first-order valence-electron chi connectivity index (χ1n) is 12.9. The summed E-state index contributed by atoms with van der Waals surface area (Å²) in [5.74, 6) is 1.06. The Morgan fingerprint density at radius 2 is 1.90 bits per heavy atom. The molecule has 0 aromatic carbocycles. The van der Waals surface area contributed by atoms with E-state index < -0.39 is 0 Å². The summed E-state index contributed by atoms with van der Waals surface area (Å²) < 4.78 is 9.93. The molecule has 0 bridgehead atoms. The van der Waals surface area contributed by atoms with Crippen LogP contribution in [0.15, 0.2) is 64.7 Å². The molecule has 0 spiro atoms. The van der Waals surface area contributed by atoms with Gasteiger partial charge in [-0.2, -0.15) is 0 Å². The van der Waals surface area contributed by atoms with E-state index >= 15 is 0 Å². The Morgan fingerprint density at radius 3 is 2.62 bits per heavy atom. The Hall–Kier alpha value is -4.77. The first-order chi connectivity index (χ1) is 19.2. The average Bonchev–Trinajstić information content (AvgIpc) is 3.43. The van der Waals surface area contributed by atoms with Crippen LogP contribution in [0.25, 0.3) is 22.5 Å². The van der Waals surface area contributed by atoms with E-state index in [4.69, 9.17) is 4.74 Å². The van der Waals surface area contributed by atoms with E-state index in [1.54, 1.807) is 49.9 Å². The van der Waals surface area contributed by atoms with Crippen LogP contribution in [-0.4, -0.2) is 40.9 Å². The minimum atomic E-state index is -0.364. The van der Waals surface area contributed by atoms with Gasteiger partial charge >= 0.3 is 0 Å². The van der Waals surface area contributed by atoms with E-state index in [0.717, 1.165) is 12.8 Å². The molecule has 6 rings (SSSR count). The van der Waals surface area contributed by atoms with Gasteiger partial charge < -0.3 is 24.1 Å². The molecule has 0 amide bonds. The Balaban J connectivity index is 1.44. The van der Waals surface area contributed by atoms with Gasteiger partial charge in [0.2, 0.25) is 5.88 Å². The van der Waals surface area contributed by atoms with Crippen molar-refractivity contribution in [1.82, 2.24) is 28.7 Å². The Bertz CT molecular complexity index is 1880. The van der Waals surface area contributed by atoms with Crippen LogP contribution in [0.1, 0.15) is 30.7 Å². The fourth-order valence-corrected chi connectivity index (χ4v) is 5.52. The summed E-state index contributed by atoms with van der Waals surface area (Å²) in [6, 6.07) is 8.69. The molecule has 1 aliphatic rings. The molecular weight excluding hydrogens is 510 g/mol. The molecule has 40 heavy (non-hydrogen) atoms. The zero-order valence-electron chi connectivity index (χ0n) is 22.7. The van der Waals surface area contributed by atoms with Crippen LogP contribution in [0.2, 0.25) is 0 Å². The number of rotatable bonds is 6. The number of aromatic nitrogens is 6. The maximum atomic E-state index is 13.7. The molecule has 2 N–H and O–H groups in total. The van der Waals surface area contributed by atoms with Crippen LogP contribution < -0.4 is 21.2 Å². The number of fused-ring (bicyclic) bond motifs is 3. The van der Waals surface area contributed by atoms with Crippen LogP contribution >= 0.6 is 0 Å². The van der Waals surface area contributed by atoms with Crippen molar-refractivity contribution >= 4 is 17.0 Å². The second kappa shape index (κ2) is 9.45. The SMILES string of the molecule is COc1ccc(Nc2cc(-c3ccnc(-n4ccn5c6c(cc5c4=O)CC(C)(C)C6)c3CO)cn(C)c2=O)nn1. The number of aliphatic hydroxyl groups is 1. The first-order valence-corrected chi connectivity index (χ1v) is 12.9. The number of nitrogens with zero attached hydrogens (tertiary/aromatic N) is 6. The van der Waals surface area contributed by atoms with Gasteiger partial charge in [0.25, 0.3) is 11.1 Å². The molecule has 0 aliphatic heterocycles. The van der Waals surface area contributed by atoms with Crippen LogP contribution in [0.4, 0.5) is 11.5 Å². The second-order valence-electron chi connectivity index (χ2n) is 10.8. The summed E-state index contributed by atoms with van der Waals surface area (Å²) in [7, 11) is 3.14. The molecule has 5 aromatic heterocycles. The highest BCUT2D eigenvalue weighted by molar-refractivity contribution is 5.73. The van der Waals surface area contributed by atoms with Gasteiger partial charge in [-0.3, -0.25) is 14.2 Å². The molecule has 0 fully saturated rings. The van der Waals surface area contributed by atoms with Crippen molar-refractivity contribution in [3.05, 3.63) is 92.6 Å². The molecule has 1 aliphatic carbocycles. The molecule has 0 atom stereocenters. The third-order valence-electron chi connectivity index (χ3n) is 7.38. The zero-order chi connectivity index (χ0) is 28.2. The van der Waals surface area contributed by atoms with Gasteiger partial charge in [0.15, 0.2) is 5.82 Å². The topological polar surface area (TPSA) is 129 Å². The fraction of sp³-hybridized carbons (Fsp3) is 0.276. The van der Waals surface area contributed by atoms with Crippen molar-refractivity contribution in [3.8, 4) is 22.8 Å². The van der Waals surface area contributed by atoms with Crippen molar-refractivity contribution in [3.63, 3.8) is 0 Å². The molecule has 0 unspecified atom stereocenters. The summed E-state index contributed by atoms with van der Waals surface area (Å²) in [5.41, 5.74) is 4.64. The molecule has 11 heteroatoms. The smallest absolute Gasteiger partial charge is 0.280 e. The molecule has 204 valence electrons. The lowest BCUT2D eigenvalue weighted by Gasteiger charge is -2.17. The van der Waals surface area contributed by atoms with Gasteiger partial charge in [-0.1, -0.05) is 13.8 Å². The number of nitrogens with one attached hydrogen (secondary N) is 1. The maximum Gasteiger partial charge on any atom is 0.280 e. The van der Waals surface area contributed by atoms with E-state index in [-0.39, 0.29) is 28.8 Å². The van der Waals surface area contributed by atoms with Crippen molar-refractivity contribution in [2.75, 3.05) is 12.4 Å². The number of pyridine rings is 2. The quantitative estimate of drug-likeness (QED) is 0.337. The molecule has 5 heterocycles. The molecular formula is C29H29N7O4. The molecule has 11 nitrogen and oxygen atoms in total. The molecule has 0 radical (unpaired) electrons. The summed E-state index contributed by atoms with van der Waals surface area (Å²) in [6.07, 6.45) is 8.68. The van der Waals surface area contributed by atoms with Gasteiger partial charge in [0, 0.05) is 54.7 Å². The van der Waals surface area contributed by atoms with E-state index in [1.807, 2.05) is 16.7 Å². The number of aliphatic hydroxyl groups excluding tert-OH is 1. The number of hydrogen-bond donors (Lipinski definition) is 2. The van der Waals surface area contributed by atoms with Crippen molar-refractivity contribution in [2.45, 2.75) is 33.3 Å². The number of aryl methyl sites for hydroxylation is 1. The van der Waals surface area contributed by atoms with Crippen LogP contribution in [0.3, 0.4) is 0 Å². The minimum absolute atomic E-state index is 0.171. The van der Waals surface area contributed by atoms with Gasteiger partial charge in [0.05, 0.1) is 13.7 Å². The van der Waals surface area contributed by atoms with Gasteiger partial charge in [-0.15, -0.1) is 10.2 Å². The fourth-order valence-electron chi connectivity index (χ4n) is 5.52. The highest BCUT2D eigenvalue weighted by Crippen LogP contribution is 2.37. The van der Waals surface area contributed by atoms with Crippen LogP contribution in [0.5, 0.6) is 5.88 Å². The summed E-state index contributed by atoms with van der Waals surface area (Å²) in [6.45, 7) is 4.10. The van der Waals surface area contributed by atoms with Gasteiger partial charge in [0.1, 0.15) is 17.0 Å². The van der Waals surface area contributed by atoms with Gasteiger partial charge in [-0.25, -0.2) is 4.98 Å². The Labute approximate surface area is 229 Å². The predicted molar refractivity (Wildman–Crippen MR) is 150 cm³/mol. The van der Waals surface area contributed by atoms with Crippen LogP contribution in [0, 0.1) is 5.41 Å². The van der Waals surface area contributed by atoms with Crippen molar-refractivity contribution in [2.24, 2.45) is 12.5 Å². The number of methoxy groups -OCH3 is 1. The highest BCUT2D eigenvalue weighted by Gasteiger charge is 2.31. The first kappa shape index (κ1) is 25.5. The Morgan fingerprint density at radius 1 is 1.07 bits per heavy atom.